The summed E-state index contributed by atoms with van der Waals surface area (Å²) in [5.41, 5.74) is 5.26. The van der Waals surface area contributed by atoms with Crippen LogP contribution >= 0.6 is 11.8 Å². The molecule has 2 aliphatic rings. The molecule has 2 heterocycles. The van der Waals surface area contributed by atoms with Crippen molar-refractivity contribution in [2.24, 2.45) is 5.73 Å². The molecule has 0 saturated carbocycles. The van der Waals surface area contributed by atoms with Crippen LogP contribution < -0.4 is 67.5 Å². The number of amides is 2. The third kappa shape index (κ3) is 6.51. The third-order valence-corrected chi connectivity index (χ3v) is 5.58. The van der Waals surface area contributed by atoms with Gasteiger partial charge in [-0.1, -0.05) is 0 Å². The van der Waals surface area contributed by atoms with Gasteiger partial charge >= 0.3 is 63.3 Å². The monoisotopic (exact) mass is 453 g/mol. The fourth-order valence-corrected chi connectivity index (χ4v) is 4.15. The van der Waals surface area contributed by atoms with Crippen LogP contribution in [-0.4, -0.2) is 69.5 Å². The van der Waals surface area contributed by atoms with Crippen molar-refractivity contribution in [3.8, 4) is 0 Å². The number of nitrogens with two attached hydrogens (primary N) is 1. The summed E-state index contributed by atoms with van der Waals surface area (Å²) in [5, 5.41) is 22.1. The summed E-state index contributed by atoms with van der Waals surface area (Å²) in [6, 6.07) is -1.95. The summed E-state index contributed by atoms with van der Waals surface area (Å²) in [6.07, 6.45) is 0.338. The Bertz CT molecular complexity index is 744. The molecule has 29 heavy (non-hydrogen) atoms. The van der Waals surface area contributed by atoms with Gasteiger partial charge in [-0.2, -0.15) is 0 Å². The molecule has 2 rings (SSSR count). The summed E-state index contributed by atoms with van der Waals surface area (Å²) in [7, 11) is 0. The Morgan fingerprint density at radius 1 is 1.41 bits per heavy atom. The maximum absolute atomic E-state index is 12.4. The number of β-lactam (4-membered cyclic amide) rings is 1. The van der Waals surface area contributed by atoms with Crippen LogP contribution in [0, 0.1) is 0 Å². The van der Waals surface area contributed by atoms with Crippen molar-refractivity contribution < 1.29 is 90.3 Å². The number of rotatable bonds is 9. The first-order chi connectivity index (χ1) is 13.1. The van der Waals surface area contributed by atoms with Gasteiger partial charge in [0, 0.05) is 24.7 Å². The molecule has 2 aliphatic heterocycles. The number of hydrogen-bond donors (Lipinski definition) is 3. The summed E-state index contributed by atoms with van der Waals surface area (Å²) >= 11 is 1.23. The van der Waals surface area contributed by atoms with Crippen LogP contribution in [0.4, 0.5) is 0 Å². The number of fused-ring (bicyclic) bond motifs is 1. The molecule has 0 spiro atoms. The van der Waals surface area contributed by atoms with E-state index in [1.807, 2.05) is 0 Å². The van der Waals surface area contributed by atoms with E-state index >= 15 is 0 Å². The number of esters is 1. The second-order valence-corrected chi connectivity index (χ2v) is 7.42. The molecule has 0 unspecified atom stereocenters. The summed E-state index contributed by atoms with van der Waals surface area (Å²) in [4.78, 5) is 58.4. The van der Waals surface area contributed by atoms with Crippen LogP contribution in [0.5, 0.6) is 0 Å². The van der Waals surface area contributed by atoms with Crippen molar-refractivity contribution in [3.63, 3.8) is 0 Å². The second-order valence-electron chi connectivity index (χ2n) is 6.31. The molecular weight excluding hydrogens is 433 g/mol. The molecule has 0 radical (unpaired) electrons. The predicted molar refractivity (Wildman–Crippen MR) is 93.2 cm³/mol. The molecule has 0 aromatic heterocycles. The molecule has 1 fully saturated rings. The number of carboxylic acids is 2. The largest absolute Gasteiger partial charge is 1.00 e. The average molecular weight is 454 g/mol. The number of carbonyl (C=O) groups excluding carboxylic acids is 4. The number of hydrogen-bond acceptors (Lipinski definition) is 9. The fraction of sp³-hybridized carbons (Fsp3) is 0.562. The number of aliphatic carboxylic acids is 2. The van der Waals surface area contributed by atoms with Crippen molar-refractivity contribution >= 4 is 41.5 Å². The van der Waals surface area contributed by atoms with Crippen molar-refractivity contribution in [1.82, 2.24) is 10.2 Å². The number of thioether (sulfide) groups is 1. The molecule has 2 amide bonds. The summed E-state index contributed by atoms with van der Waals surface area (Å²) in [6.45, 7) is 0.921. The minimum atomic E-state index is -1.56. The van der Waals surface area contributed by atoms with Crippen LogP contribution in [0.3, 0.4) is 0 Å². The van der Waals surface area contributed by atoms with Gasteiger partial charge in [0.2, 0.25) is 5.91 Å². The average Bonchev–Trinajstić information content (AvgIpc) is 2.62. The molecule has 0 aromatic rings. The van der Waals surface area contributed by atoms with Crippen molar-refractivity contribution in [3.05, 3.63) is 11.3 Å². The predicted octanol–water partition coefficient (Wildman–Crippen LogP) is -5.46. The summed E-state index contributed by atoms with van der Waals surface area (Å²) < 4.78 is 4.82. The Morgan fingerprint density at radius 3 is 2.62 bits per heavy atom. The SMILES string of the molecule is CC(=O)OCC1=C(C(=O)[O-])N2C(=O)[C@@H](NC(=O)CCC[C@@H](N)C(=O)O)[C@H]2SC1.[K+]. The van der Waals surface area contributed by atoms with Crippen molar-refractivity contribution in [1.29, 1.82) is 0 Å². The zero-order valence-corrected chi connectivity index (χ0v) is 19.9. The molecule has 0 bridgehead atoms. The molecule has 13 heteroatoms. The molecule has 11 nitrogen and oxygen atoms in total. The maximum Gasteiger partial charge on any atom is 1.00 e. The van der Waals surface area contributed by atoms with E-state index in [0.29, 0.717) is 0 Å². The van der Waals surface area contributed by atoms with Crippen LogP contribution in [0.2, 0.25) is 0 Å². The van der Waals surface area contributed by atoms with E-state index < -0.39 is 47.2 Å². The van der Waals surface area contributed by atoms with Crippen molar-refractivity contribution in [2.45, 2.75) is 43.6 Å². The van der Waals surface area contributed by atoms with Gasteiger partial charge in [0.1, 0.15) is 24.1 Å². The van der Waals surface area contributed by atoms with Crippen LogP contribution in [0.25, 0.3) is 0 Å². The van der Waals surface area contributed by atoms with E-state index in [0.717, 1.165) is 4.90 Å². The van der Waals surface area contributed by atoms with E-state index in [2.05, 4.69) is 5.32 Å². The molecule has 1 saturated heterocycles. The van der Waals surface area contributed by atoms with Gasteiger partial charge < -0.3 is 30.8 Å². The van der Waals surface area contributed by atoms with Gasteiger partial charge in [-0.3, -0.25) is 24.1 Å². The maximum atomic E-state index is 12.4. The van der Waals surface area contributed by atoms with Gasteiger partial charge in [-0.25, -0.2) is 0 Å². The summed E-state index contributed by atoms with van der Waals surface area (Å²) in [5.74, 6) is -4.17. The van der Waals surface area contributed by atoms with E-state index in [4.69, 9.17) is 15.6 Å². The minimum absolute atomic E-state index is 0. The molecule has 0 aliphatic carbocycles. The fourth-order valence-electron chi connectivity index (χ4n) is 2.82. The molecule has 154 valence electrons. The van der Waals surface area contributed by atoms with Gasteiger partial charge in [0.15, 0.2) is 0 Å². The Balaban J connectivity index is 0.00000420. The standard InChI is InChI=1S/C16H21N3O8S.K/c1-7(20)27-5-8-6-28-14-11(13(22)19(14)12(8)16(25)26)18-10(21)4-2-3-9(17)15(23)24;/h9,11,14H,2-6,17H2,1H3,(H,18,21)(H,23,24)(H,25,26);/q;+1/p-1/t9-,11-,14-;/m1./s1. The number of ether oxygens (including phenoxy) is 1. The van der Waals surface area contributed by atoms with Crippen molar-refractivity contribution in [2.75, 3.05) is 12.4 Å². The zero-order chi connectivity index (χ0) is 21.0. The molecule has 4 N–H and O–H groups in total. The van der Waals surface area contributed by atoms with Gasteiger partial charge in [-0.15, -0.1) is 11.8 Å². The Hall–Kier alpha value is -0.964. The first-order valence-corrected chi connectivity index (χ1v) is 9.47. The van der Waals surface area contributed by atoms with Crippen LogP contribution in [0.15, 0.2) is 11.3 Å². The molecule has 0 aromatic carbocycles. The molecule has 3 atom stereocenters. The first kappa shape index (κ1) is 26.1. The Kier molecular flexibility index (Phi) is 10.3. The number of carboxylic acid groups (broad SMARTS) is 2. The quantitative estimate of drug-likeness (QED) is 0.173. The van der Waals surface area contributed by atoms with E-state index in [9.17, 15) is 29.1 Å². The first-order valence-electron chi connectivity index (χ1n) is 8.42. The Morgan fingerprint density at radius 2 is 2.07 bits per heavy atom. The zero-order valence-electron chi connectivity index (χ0n) is 16.0. The topological polar surface area (TPSA) is 179 Å². The van der Waals surface area contributed by atoms with Gasteiger partial charge in [0.25, 0.3) is 5.91 Å². The van der Waals surface area contributed by atoms with Gasteiger partial charge in [-0.05, 0) is 12.8 Å². The number of carbonyl (C=O) groups is 5. The minimum Gasteiger partial charge on any atom is -0.543 e. The molecular formula is C16H20KN3O8S. The van der Waals surface area contributed by atoms with Crippen LogP contribution in [-0.2, 0) is 28.7 Å². The van der Waals surface area contributed by atoms with E-state index in [1.165, 1.54) is 18.7 Å². The normalized spacial score (nSPS) is 21.3. The second kappa shape index (κ2) is 11.4. The van der Waals surface area contributed by atoms with E-state index in [-0.39, 0.29) is 94.3 Å². The smallest absolute Gasteiger partial charge is 0.543 e. The third-order valence-electron chi connectivity index (χ3n) is 4.24. The Labute approximate surface area is 213 Å². The number of nitrogens with one attached hydrogen (secondary N) is 1. The number of nitrogens with zero attached hydrogens (tertiary/aromatic N) is 1. The van der Waals surface area contributed by atoms with E-state index in [1.54, 1.807) is 0 Å². The van der Waals surface area contributed by atoms with Crippen LogP contribution in [0.1, 0.15) is 26.2 Å². The van der Waals surface area contributed by atoms with Gasteiger partial charge in [0.05, 0.1) is 11.7 Å².